The fourth-order valence-corrected chi connectivity index (χ4v) is 2.31. The van der Waals surface area contributed by atoms with Gasteiger partial charge in [0, 0.05) is 21.2 Å². The van der Waals surface area contributed by atoms with Crippen LogP contribution in [0.5, 0.6) is 0 Å². The first-order chi connectivity index (χ1) is 8.72. The zero-order valence-electron chi connectivity index (χ0n) is 10.2. The minimum atomic E-state index is 0.637. The average Bonchev–Trinajstić information content (AvgIpc) is 2.78. The molecule has 1 aromatic heterocycles. The summed E-state index contributed by atoms with van der Waals surface area (Å²) >= 11 is 12.1. The van der Waals surface area contributed by atoms with Gasteiger partial charge >= 0.3 is 0 Å². The Labute approximate surface area is 117 Å². The lowest BCUT2D eigenvalue weighted by molar-refractivity contribution is 0.484. The second kappa shape index (κ2) is 6.28. The maximum atomic E-state index is 6.21. The van der Waals surface area contributed by atoms with E-state index >= 15 is 0 Å². The first-order valence-electron chi connectivity index (χ1n) is 5.95. The molecule has 0 amide bonds. The highest BCUT2D eigenvalue weighted by atomic mass is 35.5. The van der Waals surface area contributed by atoms with Crippen LogP contribution >= 0.6 is 23.2 Å². The van der Waals surface area contributed by atoms with Crippen LogP contribution in [0.1, 0.15) is 19.1 Å². The summed E-state index contributed by atoms with van der Waals surface area (Å²) in [6, 6.07) is 7.42. The summed E-state index contributed by atoms with van der Waals surface area (Å²) in [6.07, 6.45) is 2.78. The Morgan fingerprint density at radius 3 is 2.72 bits per heavy atom. The molecule has 0 aliphatic rings. The van der Waals surface area contributed by atoms with Gasteiger partial charge in [-0.2, -0.15) is 0 Å². The van der Waals surface area contributed by atoms with Crippen molar-refractivity contribution in [1.29, 1.82) is 0 Å². The van der Waals surface area contributed by atoms with E-state index in [1.807, 2.05) is 18.2 Å². The van der Waals surface area contributed by atoms with Gasteiger partial charge < -0.3 is 9.73 Å². The van der Waals surface area contributed by atoms with Crippen molar-refractivity contribution >= 4 is 23.2 Å². The van der Waals surface area contributed by atoms with Crippen LogP contribution in [0.15, 0.2) is 34.9 Å². The molecule has 0 unspecified atom stereocenters. The van der Waals surface area contributed by atoms with Gasteiger partial charge in [0.25, 0.3) is 0 Å². The molecule has 1 heterocycles. The van der Waals surface area contributed by atoms with E-state index in [0.29, 0.717) is 16.6 Å². The number of hydrogen-bond donors (Lipinski definition) is 1. The number of furan rings is 1. The van der Waals surface area contributed by atoms with Gasteiger partial charge in [-0.15, -0.1) is 0 Å². The summed E-state index contributed by atoms with van der Waals surface area (Å²) in [4.78, 5) is 0. The van der Waals surface area contributed by atoms with Crippen molar-refractivity contribution in [2.24, 2.45) is 0 Å². The molecule has 1 N–H and O–H groups in total. The molecule has 0 aliphatic heterocycles. The average molecular weight is 284 g/mol. The summed E-state index contributed by atoms with van der Waals surface area (Å²) in [6.45, 7) is 3.80. The van der Waals surface area contributed by atoms with Crippen molar-refractivity contribution < 1.29 is 4.42 Å². The SMILES string of the molecule is CCCNCc1occc1-c1ccc(Cl)cc1Cl. The van der Waals surface area contributed by atoms with Gasteiger partial charge in [0.1, 0.15) is 5.76 Å². The molecule has 96 valence electrons. The molecular formula is C14H15Cl2NO. The molecule has 0 bridgehead atoms. The van der Waals surface area contributed by atoms with Gasteiger partial charge in [0.05, 0.1) is 12.8 Å². The fourth-order valence-electron chi connectivity index (χ4n) is 1.80. The van der Waals surface area contributed by atoms with Gasteiger partial charge in [-0.3, -0.25) is 0 Å². The van der Waals surface area contributed by atoms with Crippen LogP contribution in [0.3, 0.4) is 0 Å². The molecule has 18 heavy (non-hydrogen) atoms. The van der Waals surface area contributed by atoms with Gasteiger partial charge in [-0.05, 0) is 31.2 Å². The van der Waals surface area contributed by atoms with E-state index in [4.69, 9.17) is 27.6 Å². The Balaban J connectivity index is 2.25. The van der Waals surface area contributed by atoms with Crippen LogP contribution in [0.4, 0.5) is 0 Å². The van der Waals surface area contributed by atoms with Crippen LogP contribution in [0.25, 0.3) is 11.1 Å². The van der Waals surface area contributed by atoms with E-state index in [1.165, 1.54) is 0 Å². The molecular weight excluding hydrogens is 269 g/mol. The van der Waals surface area contributed by atoms with E-state index in [2.05, 4.69) is 12.2 Å². The van der Waals surface area contributed by atoms with Gasteiger partial charge in [-0.1, -0.05) is 36.2 Å². The number of halogens is 2. The second-order valence-electron chi connectivity index (χ2n) is 4.06. The topological polar surface area (TPSA) is 25.2 Å². The third kappa shape index (κ3) is 3.08. The molecule has 0 radical (unpaired) electrons. The highest BCUT2D eigenvalue weighted by Crippen LogP contribution is 2.33. The van der Waals surface area contributed by atoms with Gasteiger partial charge in [-0.25, -0.2) is 0 Å². The highest BCUT2D eigenvalue weighted by molar-refractivity contribution is 6.36. The van der Waals surface area contributed by atoms with Crippen LogP contribution < -0.4 is 5.32 Å². The molecule has 2 aromatic rings. The first kappa shape index (κ1) is 13.5. The van der Waals surface area contributed by atoms with Crippen LogP contribution in [0, 0.1) is 0 Å². The lowest BCUT2D eigenvalue weighted by Crippen LogP contribution is -2.13. The molecule has 0 aliphatic carbocycles. The standard InChI is InChI=1S/C14H15Cl2NO/c1-2-6-17-9-14-12(5-7-18-14)11-4-3-10(15)8-13(11)16/h3-5,7-8,17H,2,6,9H2,1H3. The lowest BCUT2D eigenvalue weighted by atomic mass is 10.1. The summed E-state index contributed by atoms with van der Waals surface area (Å²) in [5.41, 5.74) is 1.96. The van der Waals surface area contributed by atoms with Crippen molar-refractivity contribution in [2.75, 3.05) is 6.54 Å². The van der Waals surface area contributed by atoms with E-state index in [-0.39, 0.29) is 0 Å². The molecule has 0 saturated heterocycles. The van der Waals surface area contributed by atoms with Crippen molar-refractivity contribution in [3.63, 3.8) is 0 Å². The lowest BCUT2D eigenvalue weighted by Gasteiger charge is -2.06. The summed E-state index contributed by atoms with van der Waals surface area (Å²) in [5.74, 6) is 0.896. The molecule has 2 rings (SSSR count). The van der Waals surface area contributed by atoms with Crippen molar-refractivity contribution in [1.82, 2.24) is 5.32 Å². The number of nitrogens with one attached hydrogen (secondary N) is 1. The van der Waals surface area contributed by atoms with Crippen molar-refractivity contribution in [3.8, 4) is 11.1 Å². The van der Waals surface area contributed by atoms with Crippen molar-refractivity contribution in [2.45, 2.75) is 19.9 Å². The van der Waals surface area contributed by atoms with Crippen molar-refractivity contribution in [3.05, 3.63) is 46.3 Å². The van der Waals surface area contributed by atoms with E-state index < -0.39 is 0 Å². The Hall–Kier alpha value is -0.960. The smallest absolute Gasteiger partial charge is 0.125 e. The van der Waals surface area contributed by atoms with Gasteiger partial charge in [0.2, 0.25) is 0 Å². The summed E-state index contributed by atoms with van der Waals surface area (Å²) < 4.78 is 5.50. The second-order valence-corrected chi connectivity index (χ2v) is 4.90. The molecule has 4 heteroatoms. The predicted octanol–water partition coefficient (Wildman–Crippen LogP) is 4.75. The minimum absolute atomic E-state index is 0.637. The zero-order chi connectivity index (χ0) is 13.0. The normalized spacial score (nSPS) is 10.8. The summed E-state index contributed by atoms with van der Waals surface area (Å²) in [5, 5.41) is 4.59. The largest absolute Gasteiger partial charge is 0.467 e. The Bertz CT molecular complexity index is 522. The molecule has 0 spiro atoms. The van der Waals surface area contributed by atoms with Crippen LogP contribution in [-0.2, 0) is 6.54 Å². The zero-order valence-corrected chi connectivity index (χ0v) is 11.7. The van der Waals surface area contributed by atoms with Crippen LogP contribution in [0.2, 0.25) is 10.0 Å². The first-order valence-corrected chi connectivity index (χ1v) is 6.70. The Morgan fingerprint density at radius 1 is 1.17 bits per heavy atom. The number of benzene rings is 1. The predicted molar refractivity (Wildman–Crippen MR) is 76.2 cm³/mol. The molecule has 0 fully saturated rings. The monoisotopic (exact) mass is 283 g/mol. The maximum absolute atomic E-state index is 6.21. The number of hydrogen-bond acceptors (Lipinski definition) is 2. The molecule has 0 atom stereocenters. The Morgan fingerprint density at radius 2 is 2.00 bits per heavy atom. The summed E-state index contributed by atoms with van der Waals surface area (Å²) in [7, 11) is 0. The highest BCUT2D eigenvalue weighted by Gasteiger charge is 2.11. The molecule has 1 aromatic carbocycles. The minimum Gasteiger partial charge on any atom is -0.467 e. The molecule has 2 nitrogen and oxygen atoms in total. The molecule has 0 saturated carbocycles. The third-order valence-electron chi connectivity index (χ3n) is 2.68. The van der Waals surface area contributed by atoms with E-state index in [9.17, 15) is 0 Å². The van der Waals surface area contributed by atoms with E-state index in [1.54, 1.807) is 12.3 Å². The number of rotatable bonds is 5. The van der Waals surface area contributed by atoms with Crippen LogP contribution in [-0.4, -0.2) is 6.54 Å². The maximum Gasteiger partial charge on any atom is 0.125 e. The van der Waals surface area contributed by atoms with E-state index in [0.717, 1.165) is 29.9 Å². The van der Waals surface area contributed by atoms with Gasteiger partial charge in [0.15, 0.2) is 0 Å². The quantitative estimate of drug-likeness (QED) is 0.801. The fraction of sp³-hybridized carbons (Fsp3) is 0.286. The Kier molecular flexibility index (Phi) is 4.70. The third-order valence-corrected chi connectivity index (χ3v) is 3.23.